The highest BCUT2D eigenvalue weighted by Crippen LogP contribution is 2.19. The summed E-state index contributed by atoms with van der Waals surface area (Å²) in [5.74, 6) is -1.04. The number of piperidine rings is 1. The molecule has 0 aromatic heterocycles. The van der Waals surface area contributed by atoms with Crippen LogP contribution in [0.2, 0.25) is 0 Å². The number of carbonyl (C=O) groups excluding carboxylic acids is 1. The molecule has 5 nitrogen and oxygen atoms in total. The number of aliphatic carboxylic acids is 1. The van der Waals surface area contributed by atoms with Gasteiger partial charge in [0.2, 0.25) is 0 Å². The molecule has 1 aliphatic rings. The zero-order valence-electron chi connectivity index (χ0n) is 11.5. The van der Waals surface area contributed by atoms with Gasteiger partial charge in [0.25, 0.3) is 0 Å². The van der Waals surface area contributed by atoms with Crippen LogP contribution in [0.15, 0.2) is 0 Å². The number of carbonyl (C=O) groups is 2. The third-order valence-corrected chi connectivity index (χ3v) is 4.10. The van der Waals surface area contributed by atoms with Crippen molar-refractivity contribution in [2.75, 3.05) is 13.1 Å². The second-order valence-corrected chi connectivity index (χ2v) is 5.30. The number of carboxylic acid groups (broad SMARTS) is 1. The first kappa shape index (κ1) is 14.8. The van der Waals surface area contributed by atoms with Gasteiger partial charge in [-0.3, -0.25) is 4.79 Å². The molecule has 0 radical (unpaired) electrons. The molecule has 0 atom stereocenters. The van der Waals surface area contributed by atoms with Crippen LogP contribution < -0.4 is 5.32 Å². The van der Waals surface area contributed by atoms with Gasteiger partial charge in [-0.25, -0.2) is 4.79 Å². The quantitative estimate of drug-likeness (QED) is 0.809. The largest absolute Gasteiger partial charge is 0.481 e. The Balaban J connectivity index is 2.48. The molecule has 0 aromatic rings. The minimum Gasteiger partial charge on any atom is -0.481 e. The van der Waals surface area contributed by atoms with E-state index in [2.05, 4.69) is 19.2 Å². The van der Waals surface area contributed by atoms with Gasteiger partial charge in [0.1, 0.15) is 0 Å². The molecule has 0 bridgehead atoms. The summed E-state index contributed by atoms with van der Waals surface area (Å²) in [7, 11) is 0. The Morgan fingerprint density at radius 1 is 1.28 bits per heavy atom. The van der Waals surface area contributed by atoms with Gasteiger partial charge in [-0.2, -0.15) is 0 Å². The molecule has 2 amide bonds. The van der Waals surface area contributed by atoms with Gasteiger partial charge in [0.05, 0.1) is 5.92 Å². The van der Waals surface area contributed by atoms with Crippen molar-refractivity contribution >= 4 is 12.0 Å². The lowest BCUT2D eigenvalue weighted by molar-refractivity contribution is -0.143. The molecule has 1 rings (SSSR count). The summed E-state index contributed by atoms with van der Waals surface area (Å²) >= 11 is 0. The van der Waals surface area contributed by atoms with E-state index >= 15 is 0 Å². The van der Waals surface area contributed by atoms with Crippen molar-refractivity contribution in [1.29, 1.82) is 0 Å². The van der Waals surface area contributed by atoms with Crippen molar-refractivity contribution in [2.45, 2.75) is 52.0 Å². The maximum Gasteiger partial charge on any atom is 0.317 e. The molecule has 104 valence electrons. The van der Waals surface area contributed by atoms with E-state index in [0.29, 0.717) is 25.9 Å². The van der Waals surface area contributed by atoms with Gasteiger partial charge in [-0.1, -0.05) is 13.8 Å². The van der Waals surface area contributed by atoms with Crippen LogP contribution in [0.25, 0.3) is 0 Å². The van der Waals surface area contributed by atoms with Gasteiger partial charge < -0.3 is 15.3 Å². The highest BCUT2D eigenvalue weighted by molar-refractivity contribution is 5.76. The number of likely N-dealkylation sites (tertiary alicyclic amines) is 1. The smallest absolute Gasteiger partial charge is 0.317 e. The van der Waals surface area contributed by atoms with Crippen LogP contribution in [0.5, 0.6) is 0 Å². The van der Waals surface area contributed by atoms with E-state index in [1.165, 1.54) is 0 Å². The average Bonchev–Trinajstić information content (AvgIpc) is 2.38. The first-order chi connectivity index (χ1) is 8.41. The van der Waals surface area contributed by atoms with E-state index in [9.17, 15) is 9.59 Å². The van der Waals surface area contributed by atoms with Crippen LogP contribution in [0.3, 0.4) is 0 Å². The number of rotatable bonds is 4. The number of nitrogens with zero attached hydrogens (tertiary/aromatic N) is 1. The molecule has 0 unspecified atom stereocenters. The molecular formula is C13H24N2O3. The summed E-state index contributed by atoms with van der Waals surface area (Å²) < 4.78 is 0. The van der Waals surface area contributed by atoms with Gasteiger partial charge in [-0.15, -0.1) is 0 Å². The van der Waals surface area contributed by atoms with E-state index in [-0.39, 0.29) is 17.5 Å². The zero-order chi connectivity index (χ0) is 13.8. The fourth-order valence-corrected chi connectivity index (χ4v) is 2.09. The van der Waals surface area contributed by atoms with Gasteiger partial charge in [-0.05, 0) is 32.6 Å². The second kappa shape index (κ2) is 6.07. The molecule has 0 aliphatic carbocycles. The van der Waals surface area contributed by atoms with Crippen LogP contribution >= 0.6 is 0 Å². The Hall–Kier alpha value is -1.26. The minimum atomic E-state index is -0.748. The lowest BCUT2D eigenvalue weighted by atomic mass is 9.95. The van der Waals surface area contributed by atoms with E-state index in [1.54, 1.807) is 4.90 Å². The monoisotopic (exact) mass is 256 g/mol. The van der Waals surface area contributed by atoms with Crippen molar-refractivity contribution in [3.8, 4) is 0 Å². The summed E-state index contributed by atoms with van der Waals surface area (Å²) in [6.45, 7) is 7.22. The first-order valence-electron chi connectivity index (χ1n) is 6.71. The molecule has 0 saturated carbocycles. The molecule has 0 spiro atoms. The first-order valence-corrected chi connectivity index (χ1v) is 6.71. The molecule has 18 heavy (non-hydrogen) atoms. The molecule has 1 aliphatic heterocycles. The summed E-state index contributed by atoms with van der Waals surface area (Å²) in [4.78, 5) is 24.6. The average molecular weight is 256 g/mol. The summed E-state index contributed by atoms with van der Waals surface area (Å²) in [5, 5.41) is 12.0. The molecule has 0 aromatic carbocycles. The predicted octanol–water partition coefficient (Wildman–Crippen LogP) is 2.07. The third-order valence-electron chi connectivity index (χ3n) is 4.10. The van der Waals surface area contributed by atoms with Crippen molar-refractivity contribution in [3.05, 3.63) is 0 Å². The zero-order valence-corrected chi connectivity index (χ0v) is 11.5. The lowest BCUT2D eigenvalue weighted by Crippen LogP contribution is -2.53. The highest BCUT2D eigenvalue weighted by atomic mass is 16.4. The Bertz CT molecular complexity index is 305. The predicted molar refractivity (Wildman–Crippen MR) is 69.5 cm³/mol. The standard InChI is InChI=1S/C13H24N2O3/c1-4-13(3,5-2)14-12(18)15-8-6-10(7-9-15)11(16)17/h10H,4-9H2,1-3H3,(H,14,18)(H,16,17). The second-order valence-electron chi connectivity index (χ2n) is 5.30. The summed E-state index contributed by atoms with van der Waals surface area (Å²) in [5.41, 5.74) is -0.166. The maximum atomic E-state index is 12.1. The SMILES string of the molecule is CCC(C)(CC)NC(=O)N1CCC(C(=O)O)CC1. The number of hydrogen-bond acceptors (Lipinski definition) is 2. The number of hydrogen-bond donors (Lipinski definition) is 2. The van der Waals surface area contributed by atoms with Crippen LogP contribution in [0.4, 0.5) is 4.79 Å². The molecule has 5 heteroatoms. The lowest BCUT2D eigenvalue weighted by Gasteiger charge is -2.35. The highest BCUT2D eigenvalue weighted by Gasteiger charge is 2.29. The van der Waals surface area contributed by atoms with Crippen molar-refractivity contribution in [1.82, 2.24) is 10.2 Å². The van der Waals surface area contributed by atoms with Gasteiger partial charge in [0, 0.05) is 18.6 Å². The van der Waals surface area contributed by atoms with Crippen LogP contribution in [0, 0.1) is 5.92 Å². The van der Waals surface area contributed by atoms with Crippen LogP contribution in [-0.4, -0.2) is 40.6 Å². The molecule has 1 heterocycles. The van der Waals surface area contributed by atoms with E-state index in [1.807, 2.05) is 6.92 Å². The fraction of sp³-hybridized carbons (Fsp3) is 0.846. The molecule has 1 fully saturated rings. The van der Waals surface area contributed by atoms with Crippen molar-refractivity contribution in [2.24, 2.45) is 5.92 Å². The molecule has 2 N–H and O–H groups in total. The Labute approximate surface area is 109 Å². The van der Waals surface area contributed by atoms with Gasteiger partial charge >= 0.3 is 12.0 Å². The van der Waals surface area contributed by atoms with Crippen molar-refractivity contribution < 1.29 is 14.7 Å². The number of amides is 2. The van der Waals surface area contributed by atoms with Crippen molar-refractivity contribution in [3.63, 3.8) is 0 Å². The van der Waals surface area contributed by atoms with Crippen LogP contribution in [-0.2, 0) is 4.79 Å². The summed E-state index contributed by atoms with van der Waals surface area (Å²) in [6, 6.07) is -0.0648. The van der Waals surface area contributed by atoms with Crippen LogP contribution in [0.1, 0.15) is 46.5 Å². The van der Waals surface area contributed by atoms with E-state index in [4.69, 9.17) is 5.11 Å². The van der Waals surface area contributed by atoms with E-state index < -0.39 is 5.97 Å². The minimum absolute atomic E-state index is 0.0648. The number of urea groups is 1. The maximum absolute atomic E-state index is 12.1. The normalized spacial score (nSPS) is 17.6. The fourth-order valence-electron chi connectivity index (χ4n) is 2.09. The Morgan fingerprint density at radius 2 is 1.78 bits per heavy atom. The molecular weight excluding hydrogens is 232 g/mol. The van der Waals surface area contributed by atoms with Gasteiger partial charge in [0.15, 0.2) is 0 Å². The third kappa shape index (κ3) is 3.62. The molecule has 1 saturated heterocycles. The topological polar surface area (TPSA) is 69.6 Å². The number of carboxylic acids is 1. The summed E-state index contributed by atoms with van der Waals surface area (Å²) in [6.07, 6.45) is 2.89. The Kier molecular flexibility index (Phi) is 4.99. The Morgan fingerprint density at radius 3 is 2.17 bits per heavy atom. The van der Waals surface area contributed by atoms with E-state index in [0.717, 1.165) is 12.8 Å². The number of nitrogens with one attached hydrogen (secondary N) is 1.